The molecule has 0 radical (unpaired) electrons. The minimum atomic E-state index is -2.68. The molecule has 0 aliphatic rings. The molecule has 5 heteroatoms. The number of aliphatic hydroxyl groups excluding tert-OH is 1. The molecular formula is C34H46O4Si. The highest BCUT2D eigenvalue weighted by Crippen LogP contribution is 2.42. The lowest BCUT2D eigenvalue weighted by molar-refractivity contribution is 0.284. The lowest BCUT2D eigenvalue weighted by Gasteiger charge is -2.43. The standard InChI is InChI=1S/C34H46O4Si/c1-7-8-17-28(18-15-16-23-35)33-31(36-5)24-27(25-32(33)37-6)26-38-39(34(2,3)4,29-19-11-9-12-20-29)30-21-13-10-14-22-30/h9-16,19-22,24-25,28,35H,7-8,17-18,23,26H2,1-6H3/b16-15+/t28-/m0/s1. The number of rotatable bonds is 14. The van der Waals surface area contributed by atoms with Crippen molar-refractivity contribution in [3.8, 4) is 11.5 Å². The maximum atomic E-state index is 9.26. The second-order valence-corrected chi connectivity index (χ2v) is 15.4. The summed E-state index contributed by atoms with van der Waals surface area (Å²) >= 11 is 0. The van der Waals surface area contributed by atoms with Gasteiger partial charge in [0.2, 0.25) is 0 Å². The van der Waals surface area contributed by atoms with Gasteiger partial charge in [-0.2, -0.15) is 0 Å². The summed E-state index contributed by atoms with van der Waals surface area (Å²) in [6, 6.07) is 25.7. The maximum absolute atomic E-state index is 9.26. The van der Waals surface area contributed by atoms with Crippen molar-refractivity contribution in [3.05, 3.63) is 96.1 Å². The van der Waals surface area contributed by atoms with Crippen molar-refractivity contribution >= 4 is 18.7 Å². The van der Waals surface area contributed by atoms with Gasteiger partial charge in [-0.3, -0.25) is 0 Å². The van der Waals surface area contributed by atoms with Crippen LogP contribution < -0.4 is 19.8 Å². The van der Waals surface area contributed by atoms with Crippen LogP contribution in [0.3, 0.4) is 0 Å². The molecule has 3 rings (SSSR count). The molecule has 210 valence electrons. The second kappa shape index (κ2) is 14.5. The number of hydrogen-bond acceptors (Lipinski definition) is 4. The fourth-order valence-electron chi connectivity index (χ4n) is 5.60. The first-order chi connectivity index (χ1) is 18.8. The Hall–Kier alpha value is -2.86. The summed E-state index contributed by atoms with van der Waals surface area (Å²) < 4.78 is 19.1. The maximum Gasteiger partial charge on any atom is 0.261 e. The second-order valence-electron chi connectivity index (χ2n) is 11.1. The molecule has 0 heterocycles. The van der Waals surface area contributed by atoms with Crippen molar-refractivity contribution in [1.29, 1.82) is 0 Å². The van der Waals surface area contributed by atoms with Crippen molar-refractivity contribution < 1.29 is 19.0 Å². The first kappa shape index (κ1) is 30.7. The van der Waals surface area contributed by atoms with E-state index in [2.05, 4.69) is 107 Å². The van der Waals surface area contributed by atoms with Crippen LogP contribution in [0.2, 0.25) is 5.04 Å². The van der Waals surface area contributed by atoms with Crippen LogP contribution in [-0.4, -0.2) is 34.3 Å². The molecule has 0 bridgehead atoms. The Morgan fingerprint density at radius 1 is 0.846 bits per heavy atom. The normalized spacial score (nSPS) is 13.0. The van der Waals surface area contributed by atoms with Crippen molar-refractivity contribution in [3.63, 3.8) is 0 Å². The minimum absolute atomic E-state index is 0.0489. The monoisotopic (exact) mass is 546 g/mol. The van der Waals surface area contributed by atoms with Gasteiger partial charge in [0.05, 0.1) is 27.4 Å². The Kier molecular flexibility index (Phi) is 11.4. The van der Waals surface area contributed by atoms with Crippen molar-refractivity contribution in [2.75, 3.05) is 20.8 Å². The highest BCUT2D eigenvalue weighted by atomic mass is 28.4. The zero-order valence-electron chi connectivity index (χ0n) is 24.6. The van der Waals surface area contributed by atoms with Crippen LogP contribution in [0.15, 0.2) is 84.9 Å². The first-order valence-electron chi connectivity index (χ1n) is 14.1. The molecule has 0 spiro atoms. The van der Waals surface area contributed by atoms with E-state index in [1.165, 1.54) is 10.4 Å². The predicted octanol–water partition coefficient (Wildman–Crippen LogP) is 6.99. The third-order valence-electron chi connectivity index (χ3n) is 7.48. The molecule has 3 aromatic carbocycles. The molecule has 0 fully saturated rings. The van der Waals surface area contributed by atoms with E-state index in [4.69, 9.17) is 13.9 Å². The number of methoxy groups -OCH3 is 2. The van der Waals surface area contributed by atoms with Gasteiger partial charge in [0.15, 0.2) is 0 Å². The van der Waals surface area contributed by atoms with E-state index in [0.29, 0.717) is 6.61 Å². The van der Waals surface area contributed by atoms with Crippen molar-refractivity contribution in [2.24, 2.45) is 0 Å². The average molecular weight is 547 g/mol. The molecule has 0 saturated carbocycles. The van der Waals surface area contributed by atoms with Crippen LogP contribution in [0.4, 0.5) is 0 Å². The molecule has 0 aliphatic heterocycles. The number of benzene rings is 3. The van der Waals surface area contributed by atoms with Gasteiger partial charge in [-0.25, -0.2) is 0 Å². The fourth-order valence-corrected chi connectivity index (χ4v) is 10.1. The van der Waals surface area contributed by atoms with Gasteiger partial charge in [-0.05, 0) is 51.9 Å². The fraction of sp³-hybridized carbons (Fsp3) is 0.412. The Morgan fingerprint density at radius 2 is 1.38 bits per heavy atom. The van der Waals surface area contributed by atoms with Crippen LogP contribution in [0, 0.1) is 0 Å². The number of aliphatic hydroxyl groups is 1. The summed E-state index contributed by atoms with van der Waals surface area (Å²) in [7, 11) is 0.779. The summed E-state index contributed by atoms with van der Waals surface area (Å²) in [5.74, 6) is 1.90. The largest absolute Gasteiger partial charge is 0.496 e. The molecule has 0 unspecified atom stereocenters. The van der Waals surface area contributed by atoms with Gasteiger partial charge in [0.1, 0.15) is 11.5 Å². The SMILES string of the molecule is CCCC[C@@H](C/C=C/CO)c1c(OC)cc(CO[Si](c2ccccc2)(c2ccccc2)C(C)(C)C)cc1OC. The van der Waals surface area contributed by atoms with Crippen LogP contribution in [0.25, 0.3) is 0 Å². The lowest BCUT2D eigenvalue weighted by Crippen LogP contribution is -2.66. The summed E-state index contributed by atoms with van der Waals surface area (Å²) in [5, 5.41) is 11.7. The van der Waals surface area contributed by atoms with E-state index in [1.807, 2.05) is 6.08 Å². The van der Waals surface area contributed by atoms with Crippen molar-refractivity contribution in [1.82, 2.24) is 0 Å². The summed E-state index contributed by atoms with van der Waals surface area (Å²) in [5.41, 5.74) is 2.12. The van der Waals surface area contributed by atoms with Crippen LogP contribution in [0.5, 0.6) is 11.5 Å². The van der Waals surface area contributed by atoms with E-state index in [0.717, 1.165) is 48.3 Å². The molecule has 39 heavy (non-hydrogen) atoms. The summed E-state index contributed by atoms with van der Waals surface area (Å²) in [4.78, 5) is 0. The molecule has 1 N–H and O–H groups in total. The van der Waals surface area contributed by atoms with Gasteiger partial charge in [-0.15, -0.1) is 0 Å². The van der Waals surface area contributed by atoms with Crippen LogP contribution >= 0.6 is 0 Å². The number of hydrogen-bond donors (Lipinski definition) is 1. The Bertz CT molecular complexity index is 1100. The number of ether oxygens (including phenoxy) is 2. The molecule has 0 amide bonds. The summed E-state index contributed by atoms with van der Waals surface area (Å²) in [6.45, 7) is 9.59. The highest BCUT2D eigenvalue weighted by molar-refractivity contribution is 6.99. The van der Waals surface area contributed by atoms with E-state index >= 15 is 0 Å². The zero-order valence-corrected chi connectivity index (χ0v) is 25.6. The van der Waals surface area contributed by atoms with E-state index < -0.39 is 8.32 Å². The molecule has 0 saturated heterocycles. The Morgan fingerprint density at radius 3 is 1.82 bits per heavy atom. The lowest BCUT2D eigenvalue weighted by atomic mass is 9.88. The average Bonchev–Trinajstić information content (AvgIpc) is 2.95. The third kappa shape index (κ3) is 7.21. The third-order valence-corrected chi connectivity index (χ3v) is 12.5. The Labute approximate surface area is 236 Å². The molecule has 3 aromatic rings. The zero-order chi connectivity index (χ0) is 28.3. The van der Waals surface area contributed by atoms with E-state index in [9.17, 15) is 5.11 Å². The smallest absolute Gasteiger partial charge is 0.261 e. The first-order valence-corrected chi connectivity index (χ1v) is 16.0. The highest BCUT2D eigenvalue weighted by Gasteiger charge is 2.50. The quantitative estimate of drug-likeness (QED) is 0.175. The van der Waals surface area contributed by atoms with Crippen LogP contribution in [0.1, 0.15) is 70.4 Å². The molecular weight excluding hydrogens is 500 g/mol. The topological polar surface area (TPSA) is 47.9 Å². The van der Waals surface area contributed by atoms with E-state index in [-0.39, 0.29) is 17.6 Å². The van der Waals surface area contributed by atoms with Crippen molar-refractivity contribution in [2.45, 2.75) is 70.9 Å². The molecule has 0 aliphatic carbocycles. The molecule has 1 atom stereocenters. The number of allylic oxidation sites excluding steroid dienone is 1. The number of unbranched alkanes of at least 4 members (excludes halogenated alkanes) is 1. The minimum Gasteiger partial charge on any atom is -0.496 e. The van der Waals surface area contributed by atoms with Gasteiger partial charge >= 0.3 is 0 Å². The predicted molar refractivity (Wildman–Crippen MR) is 165 cm³/mol. The van der Waals surface area contributed by atoms with Crippen LogP contribution in [-0.2, 0) is 11.0 Å². The molecule has 4 nitrogen and oxygen atoms in total. The Balaban J connectivity index is 2.07. The van der Waals surface area contributed by atoms with Gasteiger partial charge < -0.3 is 19.0 Å². The van der Waals surface area contributed by atoms with Gasteiger partial charge in [0, 0.05) is 5.56 Å². The van der Waals surface area contributed by atoms with E-state index in [1.54, 1.807) is 14.2 Å². The molecule has 0 aromatic heterocycles. The van der Waals surface area contributed by atoms with Gasteiger partial charge in [-0.1, -0.05) is 113 Å². The summed E-state index contributed by atoms with van der Waals surface area (Å²) in [6.07, 6.45) is 7.95. The van der Waals surface area contributed by atoms with Gasteiger partial charge in [0.25, 0.3) is 8.32 Å².